The number of nitrogens with zero attached hydrogens (tertiary/aromatic N) is 1. The SMILES string of the molecule is CN(C)c1cc(C(C)(C)N)ccc1Br. The van der Waals surface area contributed by atoms with Crippen molar-refractivity contribution in [3.8, 4) is 0 Å². The summed E-state index contributed by atoms with van der Waals surface area (Å²) in [5, 5.41) is 0. The standard InChI is InChI=1S/C11H17BrN2/c1-11(2,13)8-5-6-9(12)10(7-8)14(3)4/h5-7H,13H2,1-4H3. The first-order chi connectivity index (χ1) is 6.32. The molecule has 0 aromatic heterocycles. The summed E-state index contributed by atoms with van der Waals surface area (Å²) in [5.41, 5.74) is 8.05. The third kappa shape index (κ3) is 2.49. The Morgan fingerprint density at radius 1 is 1.29 bits per heavy atom. The normalized spacial score (nSPS) is 11.6. The Morgan fingerprint density at radius 3 is 2.29 bits per heavy atom. The Morgan fingerprint density at radius 2 is 1.86 bits per heavy atom. The molecule has 0 saturated carbocycles. The second kappa shape index (κ2) is 3.91. The molecule has 1 aromatic rings. The van der Waals surface area contributed by atoms with Crippen LogP contribution < -0.4 is 10.6 Å². The van der Waals surface area contributed by atoms with Crippen LogP contribution in [0.1, 0.15) is 19.4 Å². The molecule has 0 fully saturated rings. The highest BCUT2D eigenvalue weighted by atomic mass is 79.9. The molecule has 0 aliphatic carbocycles. The predicted molar refractivity (Wildman–Crippen MR) is 65.7 cm³/mol. The van der Waals surface area contributed by atoms with Crippen LogP contribution in [0.4, 0.5) is 5.69 Å². The van der Waals surface area contributed by atoms with E-state index in [4.69, 9.17) is 5.73 Å². The van der Waals surface area contributed by atoms with Gasteiger partial charge in [-0.2, -0.15) is 0 Å². The fraction of sp³-hybridized carbons (Fsp3) is 0.455. The highest BCUT2D eigenvalue weighted by Gasteiger charge is 2.15. The number of anilines is 1. The molecule has 0 atom stereocenters. The smallest absolute Gasteiger partial charge is 0.0508 e. The minimum absolute atomic E-state index is 0.286. The number of halogens is 1. The van der Waals surface area contributed by atoms with Gasteiger partial charge in [-0.05, 0) is 47.5 Å². The molecule has 0 radical (unpaired) electrons. The molecule has 3 heteroatoms. The van der Waals surface area contributed by atoms with Crippen LogP contribution >= 0.6 is 15.9 Å². The van der Waals surface area contributed by atoms with Crippen LogP contribution in [0.15, 0.2) is 22.7 Å². The average molecular weight is 257 g/mol. The molecule has 14 heavy (non-hydrogen) atoms. The van der Waals surface area contributed by atoms with Gasteiger partial charge in [0, 0.05) is 24.1 Å². The second-order valence-corrected chi connectivity index (χ2v) is 5.14. The molecule has 78 valence electrons. The molecule has 0 saturated heterocycles. The van der Waals surface area contributed by atoms with E-state index >= 15 is 0 Å². The van der Waals surface area contributed by atoms with E-state index in [2.05, 4.69) is 33.0 Å². The number of hydrogen-bond donors (Lipinski definition) is 1. The highest BCUT2D eigenvalue weighted by Crippen LogP contribution is 2.29. The molecule has 0 spiro atoms. The van der Waals surface area contributed by atoms with E-state index in [1.807, 2.05) is 34.0 Å². The van der Waals surface area contributed by atoms with Gasteiger partial charge in [-0.1, -0.05) is 6.07 Å². The average Bonchev–Trinajstić information content (AvgIpc) is 2.02. The summed E-state index contributed by atoms with van der Waals surface area (Å²) in [6, 6.07) is 6.21. The van der Waals surface area contributed by atoms with Crippen LogP contribution in [0.5, 0.6) is 0 Å². The van der Waals surface area contributed by atoms with Crippen LogP contribution in [0.25, 0.3) is 0 Å². The second-order valence-electron chi connectivity index (χ2n) is 4.28. The maximum atomic E-state index is 6.04. The van der Waals surface area contributed by atoms with Gasteiger partial charge < -0.3 is 10.6 Å². The molecule has 0 bridgehead atoms. The fourth-order valence-electron chi connectivity index (χ4n) is 1.26. The van der Waals surface area contributed by atoms with E-state index in [0.717, 1.165) is 15.7 Å². The van der Waals surface area contributed by atoms with Gasteiger partial charge in [0.05, 0.1) is 5.69 Å². The summed E-state index contributed by atoms with van der Waals surface area (Å²) >= 11 is 3.52. The van der Waals surface area contributed by atoms with Crippen LogP contribution in [0.3, 0.4) is 0 Å². The molecular formula is C11H17BrN2. The zero-order valence-corrected chi connectivity index (χ0v) is 10.7. The van der Waals surface area contributed by atoms with Crippen LogP contribution in [0, 0.1) is 0 Å². The zero-order chi connectivity index (χ0) is 10.9. The summed E-state index contributed by atoms with van der Waals surface area (Å²) in [5.74, 6) is 0. The van der Waals surface area contributed by atoms with Gasteiger partial charge in [0.15, 0.2) is 0 Å². The predicted octanol–water partition coefficient (Wildman–Crippen LogP) is 2.71. The molecule has 0 aliphatic rings. The molecule has 0 heterocycles. The molecule has 0 amide bonds. The summed E-state index contributed by atoms with van der Waals surface area (Å²) in [6.45, 7) is 4.02. The van der Waals surface area contributed by atoms with Crippen molar-refractivity contribution in [1.29, 1.82) is 0 Å². The minimum Gasteiger partial charge on any atom is -0.377 e. The lowest BCUT2D eigenvalue weighted by Gasteiger charge is -2.23. The van der Waals surface area contributed by atoms with Crippen LogP contribution in [0.2, 0.25) is 0 Å². The van der Waals surface area contributed by atoms with Gasteiger partial charge >= 0.3 is 0 Å². The van der Waals surface area contributed by atoms with E-state index < -0.39 is 0 Å². The molecule has 0 unspecified atom stereocenters. The molecule has 2 N–H and O–H groups in total. The van der Waals surface area contributed by atoms with Crippen molar-refractivity contribution in [3.63, 3.8) is 0 Å². The summed E-state index contributed by atoms with van der Waals surface area (Å²) in [4.78, 5) is 2.07. The lowest BCUT2D eigenvalue weighted by Crippen LogP contribution is -2.28. The molecular weight excluding hydrogens is 240 g/mol. The Labute approximate surface area is 94.2 Å². The van der Waals surface area contributed by atoms with Gasteiger partial charge in [0.1, 0.15) is 0 Å². The molecule has 2 nitrogen and oxygen atoms in total. The highest BCUT2D eigenvalue weighted by molar-refractivity contribution is 9.10. The van der Waals surface area contributed by atoms with Crippen molar-refractivity contribution in [3.05, 3.63) is 28.2 Å². The number of benzene rings is 1. The van der Waals surface area contributed by atoms with Crippen LogP contribution in [-0.4, -0.2) is 14.1 Å². The maximum Gasteiger partial charge on any atom is 0.0508 e. The van der Waals surface area contributed by atoms with E-state index in [1.54, 1.807) is 0 Å². The van der Waals surface area contributed by atoms with Crippen molar-refractivity contribution in [2.24, 2.45) is 5.73 Å². The van der Waals surface area contributed by atoms with Gasteiger partial charge in [0.2, 0.25) is 0 Å². The van der Waals surface area contributed by atoms with Crippen LogP contribution in [-0.2, 0) is 5.54 Å². The molecule has 1 rings (SSSR count). The first kappa shape index (κ1) is 11.5. The van der Waals surface area contributed by atoms with Gasteiger partial charge in [0.25, 0.3) is 0 Å². The van der Waals surface area contributed by atoms with Crippen molar-refractivity contribution in [2.75, 3.05) is 19.0 Å². The summed E-state index contributed by atoms with van der Waals surface area (Å²) in [6.07, 6.45) is 0. The lowest BCUT2D eigenvalue weighted by atomic mass is 9.95. The Kier molecular flexibility index (Phi) is 3.22. The quantitative estimate of drug-likeness (QED) is 0.882. The number of nitrogens with two attached hydrogens (primary N) is 1. The van der Waals surface area contributed by atoms with Crippen molar-refractivity contribution in [1.82, 2.24) is 0 Å². The monoisotopic (exact) mass is 256 g/mol. The zero-order valence-electron chi connectivity index (χ0n) is 9.13. The maximum absolute atomic E-state index is 6.04. The van der Waals surface area contributed by atoms with Gasteiger partial charge in [-0.3, -0.25) is 0 Å². The summed E-state index contributed by atoms with van der Waals surface area (Å²) < 4.78 is 1.09. The number of hydrogen-bond acceptors (Lipinski definition) is 2. The topological polar surface area (TPSA) is 29.3 Å². The van der Waals surface area contributed by atoms with E-state index in [1.165, 1.54) is 0 Å². The molecule has 1 aromatic carbocycles. The Balaban J connectivity index is 3.20. The van der Waals surface area contributed by atoms with E-state index in [0.29, 0.717) is 0 Å². The van der Waals surface area contributed by atoms with Crippen molar-refractivity contribution >= 4 is 21.6 Å². The first-order valence-electron chi connectivity index (χ1n) is 4.58. The largest absolute Gasteiger partial charge is 0.377 e. The first-order valence-corrected chi connectivity index (χ1v) is 5.38. The third-order valence-electron chi connectivity index (χ3n) is 2.17. The van der Waals surface area contributed by atoms with Gasteiger partial charge in [-0.25, -0.2) is 0 Å². The summed E-state index contributed by atoms with van der Waals surface area (Å²) in [7, 11) is 4.04. The third-order valence-corrected chi connectivity index (χ3v) is 2.84. The fourth-order valence-corrected chi connectivity index (χ4v) is 1.86. The number of rotatable bonds is 2. The lowest BCUT2D eigenvalue weighted by molar-refractivity contribution is 0.554. The van der Waals surface area contributed by atoms with E-state index in [9.17, 15) is 0 Å². The Bertz CT molecular complexity index is 327. The van der Waals surface area contributed by atoms with E-state index in [-0.39, 0.29) is 5.54 Å². The van der Waals surface area contributed by atoms with Crippen molar-refractivity contribution < 1.29 is 0 Å². The van der Waals surface area contributed by atoms with Gasteiger partial charge in [-0.15, -0.1) is 0 Å². The van der Waals surface area contributed by atoms with Crippen molar-refractivity contribution in [2.45, 2.75) is 19.4 Å². The Hall–Kier alpha value is -0.540. The minimum atomic E-state index is -0.286. The molecule has 0 aliphatic heterocycles.